The third kappa shape index (κ3) is 5.65. The smallest absolute Gasteiger partial charge is 0.328 e. The number of nitrogens with one attached hydrogen (secondary N) is 2. The molecule has 1 aromatic carbocycles. The Morgan fingerprint density at radius 3 is 2.58 bits per heavy atom. The van der Waals surface area contributed by atoms with Crippen molar-refractivity contribution in [2.45, 2.75) is 12.5 Å². The average Bonchev–Trinajstić information content (AvgIpc) is 2.43. The van der Waals surface area contributed by atoms with Gasteiger partial charge in [-0.05, 0) is 30.6 Å². The van der Waals surface area contributed by atoms with Gasteiger partial charge in [-0.3, -0.25) is 0 Å². The van der Waals surface area contributed by atoms with Gasteiger partial charge in [0.15, 0.2) is 0 Å². The molecule has 5 nitrogen and oxygen atoms in total. The number of carbonyl (C=O) groups excluding carboxylic acids is 2. The number of rotatable bonds is 6. The van der Waals surface area contributed by atoms with Gasteiger partial charge in [0.2, 0.25) is 0 Å². The van der Waals surface area contributed by atoms with E-state index in [2.05, 4.69) is 15.4 Å². The molecule has 0 unspecified atom stereocenters. The number of esters is 1. The first-order valence-electron chi connectivity index (χ1n) is 5.86. The molecule has 1 atom stereocenters. The molecule has 0 saturated carbocycles. The number of carbonyl (C=O) groups is 2. The van der Waals surface area contributed by atoms with Crippen LogP contribution in [0.2, 0.25) is 0 Å². The minimum atomic E-state index is -0.624. The van der Waals surface area contributed by atoms with Crippen LogP contribution < -0.4 is 10.6 Å². The van der Waals surface area contributed by atoms with Crippen LogP contribution in [0.1, 0.15) is 6.42 Å². The number of hydrogen-bond acceptors (Lipinski definition) is 4. The molecule has 6 heteroatoms. The van der Waals surface area contributed by atoms with E-state index in [1.807, 2.05) is 24.5 Å². The Bertz CT molecular complexity index is 412. The van der Waals surface area contributed by atoms with Gasteiger partial charge in [0.25, 0.3) is 0 Å². The predicted octanol–water partition coefficient (Wildman–Crippen LogP) is 2.10. The third-order valence-electron chi connectivity index (χ3n) is 2.43. The van der Waals surface area contributed by atoms with E-state index in [-0.39, 0.29) is 0 Å². The molecule has 2 amide bonds. The fourth-order valence-corrected chi connectivity index (χ4v) is 1.95. The van der Waals surface area contributed by atoms with Crippen LogP contribution in [0.25, 0.3) is 0 Å². The first-order valence-corrected chi connectivity index (χ1v) is 7.26. The van der Waals surface area contributed by atoms with Crippen molar-refractivity contribution in [2.24, 2.45) is 0 Å². The highest BCUT2D eigenvalue weighted by molar-refractivity contribution is 7.98. The van der Waals surface area contributed by atoms with Crippen LogP contribution in [-0.4, -0.2) is 37.2 Å². The second-order valence-electron chi connectivity index (χ2n) is 3.82. The molecule has 0 aliphatic rings. The second-order valence-corrected chi connectivity index (χ2v) is 4.81. The summed E-state index contributed by atoms with van der Waals surface area (Å²) in [4.78, 5) is 23.3. The number of para-hydroxylation sites is 1. The van der Waals surface area contributed by atoms with E-state index in [1.165, 1.54) is 7.11 Å². The highest BCUT2D eigenvalue weighted by atomic mass is 32.2. The molecule has 0 aromatic heterocycles. The van der Waals surface area contributed by atoms with Crippen LogP contribution in [0.4, 0.5) is 10.5 Å². The molecule has 0 bridgehead atoms. The first kappa shape index (κ1) is 15.4. The number of ether oxygens (including phenoxy) is 1. The van der Waals surface area contributed by atoms with Gasteiger partial charge in [0.1, 0.15) is 6.04 Å². The maximum atomic E-state index is 11.8. The number of urea groups is 1. The highest BCUT2D eigenvalue weighted by Crippen LogP contribution is 2.06. The Morgan fingerprint density at radius 1 is 1.32 bits per heavy atom. The lowest BCUT2D eigenvalue weighted by atomic mass is 10.2. The second kappa shape index (κ2) is 8.42. The van der Waals surface area contributed by atoms with E-state index in [0.717, 1.165) is 5.75 Å². The van der Waals surface area contributed by atoms with E-state index in [4.69, 9.17) is 0 Å². The summed E-state index contributed by atoms with van der Waals surface area (Å²) in [7, 11) is 1.31. The summed E-state index contributed by atoms with van der Waals surface area (Å²) in [6.07, 6.45) is 2.48. The highest BCUT2D eigenvalue weighted by Gasteiger charge is 2.20. The van der Waals surface area contributed by atoms with Gasteiger partial charge in [-0.2, -0.15) is 11.8 Å². The topological polar surface area (TPSA) is 67.4 Å². The van der Waals surface area contributed by atoms with Gasteiger partial charge in [-0.15, -0.1) is 0 Å². The molecule has 19 heavy (non-hydrogen) atoms. The van der Waals surface area contributed by atoms with Crippen molar-refractivity contribution in [1.29, 1.82) is 0 Å². The zero-order chi connectivity index (χ0) is 14.1. The van der Waals surface area contributed by atoms with Crippen LogP contribution in [0.3, 0.4) is 0 Å². The molecular formula is C13H18N2O3S. The molecule has 1 rings (SSSR count). The Morgan fingerprint density at radius 2 is 2.00 bits per heavy atom. The van der Waals surface area contributed by atoms with Crippen LogP contribution in [0, 0.1) is 0 Å². The monoisotopic (exact) mass is 282 g/mol. The van der Waals surface area contributed by atoms with Crippen LogP contribution in [0.5, 0.6) is 0 Å². The summed E-state index contributed by atoms with van der Waals surface area (Å²) in [6.45, 7) is 0. The Hall–Kier alpha value is -1.69. The molecule has 0 aliphatic heterocycles. The summed E-state index contributed by atoms with van der Waals surface area (Å²) in [5.41, 5.74) is 0.675. The number of hydrogen-bond donors (Lipinski definition) is 2. The molecular weight excluding hydrogens is 264 g/mol. The van der Waals surface area contributed by atoms with Crippen molar-refractivity contribution in [1.82, 2.24) is 5.32 Å². The molecule has 0 aliphatic carbocycles. The summed E-state index contributed by atoms with van der Waals surface area (Å²) < 4.78 is 4.67. The van der Waals surface area contributed by atoms with Crippen molar-refractivity contribution >= 4 is 29.4 Å². The maximum Gasteiger partial charge on any atom is 0.328 e. The normalized spacial score (nSPS) is 11.5. The Kier molecular flexibility index (Phi) is 6.81. The average molecular weight is 282 g/mol. The van der Waals surface area contributed by atoms with Crippen molar-refractivity contribution in [3.05, 3.63) is 30.3 Å². The number of methoxy groups -OCH3 is 1. The van der Waals surface area contributed by atoms with Gasteiger partial charge in [0.05, 0.1) is 7.11 Å². The first-order chi connectivity index (χ1) is 9.17. The Labute approximate surface area is 117 Å². The SMILES string of the molecule is COC(=O)[C@H](CCSC)NC(=O)Nc1ccccc1. The van der Waals surface area contributed by atoms with Crippen molar-refractivity contribution in [3.63, 3.8) is 0 Å². The summed E-state index contributed by atoms with van der Waals surface area (Å²) in [5, 5.41) is 5.28. The van der Waals surface area contributed by atoms with Gasteiger partial charge in [-0.1, -0.05) is 18.2 Å². The molecule has 1 aromatic rings. The standard InChI is InChI=1S/C13H18N2O3S/c1-18-12(16)11(8-9-19-2)15-13(17)14-10-6-4-3-5-7-10/h3-7,11H,8-9H2,1-2H3,(H2,14,15,17)/t11-/m0/s1. The summed E-state index contributed by atoms with van der Waals surface area (Å²) in [6, 6.07) is 8.01. The number of benzene rings is 1. The molecule has 0 spiro atoms. The van der Waals surface area contributed by atoms with E-state index < -0.39 is 18.0 Å². The van der Waals surface area contributed by atoms with Crippen LogP contribution in [-0.2, 0) is 9.53 Å². The fourth-order valence-electron chi connectivity index (χ4n) is 1.47. The van der Waals surface area contributed by atoms with E-state index >= 15 is 0 Å². The summed E-state index contributed by atoms with van der Waals surface area (Å²) in [5.74, 6) is 0.336. The van der Waals surface area contributed by atoms with Crippen LogP contribution >= 0.6 is 11.8 Å². The fraction of sp³-hybridized carbons (Fsp3) is 0.385. The zero-order valence-electron chi connectivity index (χ0n) is 11.0. The predicted molar refractivity (Wildman–Crippen MR) is 77.4 cm³/mol. The minimum Gasteiger partial charge on any atom is -0.467 e. The quantitative estimate of drug-likeness (QED) is 0.784. The summed E-state index contributed by atoms with van der Waals surface area (Å²) >= 11 is 1.61. The van der Waals surface area contributed by atoms with E-state index in [0.29, 0.717) is 12.1 Å². The lowest BCUT2D eigenvalue weighted by Gasteiger charge is -2.16. The van der Waals surface area contributed by atoms with E-state index in [1.54, 1.807) is 23.9 Å². The van der Waals surface area contributed by atoms with Crippen molar-refractivity contribution in [2.75, 3.05) is 24.4 Å². The molecule has 0 saturated heterocycles. The van der Waals surface area contributed by atoms with E-state index in [9.17, 15) is 9.59 Å². The lowest BCUT2D eigenvalue weighted by molar-refractivity contribution is -0.142. The number of thioether (sulfide) groups is 1. The largest absolute Gasteiger partial charge is 0.467 e. The number of amides is 2. The maximum absolute atomic E-state index is 11.8. The minimum absolute atomic E-state index is 0.414. The molecule has 2 N–H and O–H groups in total. The lowest BCUT2D eigenvalue weighted by Crippen LogP contribution is -2.44. The third-order valence-corrected chi connectivity index (χ3v) is 3.08. The van der Waals surface area contributed by atoms with Gasteiger partial charge in [-0.25, -0.2) is 9.59 Å². The van der Waals surface area contributed by atoms with Crippen molar-refractivity contribution in [3.8, 4) is 0 Å². The van der Waals surface area contributed by atoms with Gasteiger partial charge < -0.3 is 15.4 Å². The van der Waals surface area contributed by atoms with Gasteiger partial charge in [0, 0.05) is 5.69 Å². The molecule has 0 heterocycles. The number of anilines is 1. The molecule has 0 radical (unpaired) electrons. The van der Waals surface area contributed by atoms with Crippen molar-refractivity contribution < 1.29 is 14.3 Å². The molecule has 104 valence electrons. The zero-order valence-corrected chi connectivity index (χ0v) is 11.8. The van der Waals surface area contributed by atoms with Gasteiger partial charge >= 0.3 is 12.0 Å². The van der Waals surface area contributed by atoms with Crippen LogP contribution in [0.15, 0.2) is 30.3 Å². The Balaban J connectivity index is 2.53. The molecule has 0 fully saturated rings.